The summed E-state index contributed by atoms with van der Waals surface area (Å²) in [6.07, 6.45) is 1.40. The zero-order chi connectivity index (χ0) is 11.7. The van der Waals surface area contributed by atoms with Crippen molar-refractivity contribution in [2.75, 3.05) is 18.6 Å². The maximum atomic E-state index is 11.5. The number of likely N-dealkylation sites (N-methyl/N-ethyl adjacent to an activating group) is 1. The third-order valence-electron chi connectivity index (χ3n) is 3.37. The van der Waals surface area contributed by atoms with E-state index in [2.05, 4.69) is 13.0 Å². The van der Waals surface area contributed by atoms with Crippen LogP contribution in [-0.4, -0.2) is 24.7 Å². The first kappa shape index (κ1) is 11.1. The molecule has 0 aromatic heterocycles. The fourth-order valence-corrected chi connectivity index (χ4v) is 2.21. The van der Waals surface area contributed by atoms with Crippen LogP contribution in [0.3, 0.4) is 0 Å². The second-order valence-corrected chi connectivity index (χ2v) is 4.31. The van der Waals surface area contributed by atoms with E-state index in [1.165, 1.54) is 0 Å². The zero-order valence-corrected chi connectivity index (χ0v) is 9.73. The Morgan fingerprint density at radius 1 is 1.50 bits per heavy atom. The van der Waals surface area contributed by atoms with Crippen LogP contribution in [0.25, 0.3) is 0 Å². The molecule has 1 atom stereocenters. The predicted octanol–water partition coefficient (Wildman–Crippen LogP) is 1.69. The lowest BCUT2D eigenvalue weighted by molar-refractivity contribution is -0.117. The van der Waals surface area contributed by atoms with Crippen LogP contribution in [0.15, 0.2) is 18.2 Å². The van der Waals surface area contributed by atoms with Crippen LogP contribution >= 0.6 is 0 Å². The van der Waals surface area contributed by atoms with Crippen molar-refractivity contribution in [3.05, 3.63) is 29.3 Å². The van der Waals surface area contributed by atoms with E-state index in [1.807, 2.05) is 12.1 Å². The van der Waals surface area contributed by atoms with Gasteiger partial charge in [-0.1, -0.05) is 19.1 Å². The van der Waals surface area contributed by atoms with Crippen LogP contribution in [0.5, 0.6) is 0 Å². The van der Waals surface area contributed by atoms with Crippen LogP contribution in [0.1, 0.15) is 30.4 Å². The Kier molecular flexibility index (Phi) is 2.97. The van der Waals surface area contributed by atoms with Gasteiger partial charge in [0.15, 0.2) is 0 Å². The van der Waals surface area contributed by atoms with Crippen LogP contribution in [0.4, 0.5) is 5.69 Å². The van der Waals surface area contributed by atoms with Gasteiger partial charge in [0.2, 0.25) is 5.91 Å². The second kappa shape index (κ2) is 4.26. The summed E-state index contributed by atoms with van der Waals surface area (Å²) >= 11 is 0. The molecule has 0 bridgehead atoms. The molecule has 16 heavy (non-hydrogen) atoms. The zero-order valence-electron chi connectivity index (χ0n) is 9.73. The third-order valence-corrected chi connectivity index (χ3v) is 3.37. The van der Waals surface area contributed by atoms with Gasteiger partial charge in [0, 0.05) is 25.3 Å². The highest BCUT2D eigenvalue weighted by Gasteiger charge is 2.24. The van der Waals surface area contributed by atoms with E-state index >= 15 is 0 Å². The number of aliphatic hydroxyl groups excluding tert-OH is 1. The maximum Gasteiger partial charge on any atom is 0.231 e. The molecular formula is C13H17NO2. The second-order valence-electron chi connectivity index (χ2n) is 4.31. The first-order valence-electron chi connectivity index (χ1n) is 5.67. The van der Waals surface area contributed by atoms with Gasteiger partial charge < -0.3 is 10.0 Å². The number of rotatable bonds is 3. The normalized spacial score (nSPS) is 16.4. The Bertz CT molecular complexity index is 410. The molecular weight excluding hydrogens is 202 g/mol. The van der Waals surface area contributed by atoms with Gasteiger partial charge in [-0.3, -0.25) is 4.79 Å². The summed E-state index contributed by atoms with van der Waals surface area (Å²) in [4.78, 5) is 13.2. The third kappa shape index (κ3) is 1.71. The van der Waals surface area contributed by atoms with Crippen molar-refractivity contribution >= 4 is 11.6 Å². The standard InChI is InChI=1S/C13H17NO2/c1-3-9(8-15)10-4-5-12-11(6-10)7-13(16)14(12)2/h4-6,9,15H,3,7-8H2,1-2H3. The molecule has 2 rings (SSSR count). The summed E-state index contributed by atoms with van der Waals surface area (Å²) < 4.78 is 0. The summed E-state index contributed by atoms with van der Waals surface area (Å²) in [5, 5.41) is 9.25. The van der Waals surface area contributed by atoms with E-state index in [0.717, 1.165) is 23.2 Å². The first-order valence-corrected chi connectivity index (χ1v) is 5.67. The van der Waals surface area contributed by atoms with Crippen molar-refractivity contribution in [2.45, 2.75) is 25.7 Å². The van der Waals surface area contributed by atoms with Crippen molar-refractivity contribution < 1.29 is 9.90 Å². The molecule has 1 aliphatic rings. The lowest BCUT2D eigenvalue weighted by atomic mass is 9.95. The number of nitrogens with zero attached hydrogens (tertiary/aromatic N) is 1. The lowest BCUT2D eigenvalue weighted by Gasteiger charge is -2.14. The Balaban J connectivity index is 2.35. The average molecular weight is 219 g/mol. The fourth-order valence-electron chi connectivity index (χ4n) is 2.21. The van der Waals surface area contributed by atoms with Gasteiger partial charge in [-0.05, 0) is 23.6 Å². The van der Waals surface area contributed by atoms with Crippen LogP contribution in [0.2, 0.25) is 0 Å². The molecule has 1 amide bonds. The van der Waals surface area contributed by atoms with Crippen LogP contribution in [0, 0.1) is 0 Å². The van der Waals surface area contributed by atoms with Gasteiger partial charge in [-0.25, -0.2) is 0 Å². The Morgan fingerprint density at radius 3 is 2.88 bits per heavy atom. The topological polar surface area (TPSA) is 40.5 Å². The van der Waals surface area contributed by atoms with E-state index in [-0.39, 0.29) is 18.4 Å². The van der Waals surface area contributed by atoms with Crippen LogP contribution in [-0.2, 0) is 11.2 Å². The molecule has 1 aromatic carbocycles. The number of anilines is 1. The van der Waals surface area contributed by atoms with Crippen LogP contribution < -0.4 is 4.90 Å². The summed E-state index contributed by atoms with van der Waals surface area (Å²) in [6, 6.07) is 6.05. The van der Waals surface area contributed by atoms with Crippen molar-refractivity contribution in [1.29, 1.82) is 0 Å². The quantitative estimate of drug-likeness (QED) is 0.840. The van der Waals surface area contributed by atoms with Gasteiger partial charge in [0.1, 0.15) is 0 Å². The van der Waals surface area contributed by atoms with Crippen molar-refractivity contribution in [2.24, 2.45) is 0 Å². The highest BCUT2D eigenvalue weighted by molar-refractivity contribution is 6.00. The molecule has 1 aliphatic heterocycles. The van der Waals surface area contributed by atoms with Crippen molar-refractivity contribution in [3.8, 4) is 0 Å². The van der Waals surface area contributed by atoms with E-state index in [9.17, 15) is 9.90 Å². The first-order chi connectivity index (χ1) is 7.67. The number of aliphatic hydroxyl groups is 1. The summed E-state index contributed by atoms with van der Waals surface area (Å²) in [6.45, 7) is 2.23. The lowest BCUT2D eigenvalue weighted by Crippen LogP contribution is -2.20. The Hall–Kier alpha value is -1.35. The predicted molar refractivity (Wildman–Crippen MR) is 63.7 cm³/mol. The number of hydrogen-bond donors (Lipinski definition) is 1. The van der Waals surface area contributed by atoms with Gasteiger partial charge in [0.05, 0.1) is 6.42 Å². The average Bonchev–Trinajstić information content (AvgIpc) is 2.56. The molecule has 0 radical (unpaired) electrons. The monoisotopic (exact) mass is 219 g/mol. The van der Waals surface area contributed by atoms with E-state index in [4.69, 9.17) is 0 Å². The molecule has 0 saturated carbocycles. The molecule has 3 nitrogen and oxygen atoms in total. The van der Waals surface area contributed by atoms with Gasteiger partial charge in [-0.15, -0.1) is 0 Å². The minimum Gasteiger partial charge on any atom is -0.396 e. The molecule has 3 heteroatoms. The highest BCUT2D eigenvalue weighted by atomic mass is 16.3. The molecule has 0 fully saturated rings. The maximum absolute atomic E-state index is 11.5. The van der Waals surface area contributed by atoms with Gasteiger partial charge in [-0.2, -0.15) is 0 Å². The molecule has 86 valence electrons. The minimum absolute atomic E-state index is 0.143. The Labute approximate surface area is 95.7 Å². The molecule has 0 spiro atoms. The smallest absolute Gasteiger partial charge is 0.231 e. The number of hydrogen-bond acceptors (Lipinski definition) is 2. The van der Waals surface area contributed by atoms with Gasteiger partial charge >= 0.3 is 0 Å². The molecule has 1 aromatic rings. The summed E-state index contributed by atoms with van der Waals surface area (Å²) in [5.41, 5.74) is 3.21. The Morgan fingerprint density at radius 2 is 2.25 bits per heavy atom. The largest absolute Gasteiger partial charge is 0.396 e. The molecule has 1 heterocycles. The number of amides is 1. The molecule has 1 N–H and O–H groups in total. The van der Waals surface area contributed by atoms with E-state index in [1.54, 1.807) is 11.9 Å². The fraction of sp³-hybridized carbons (Fsp3) is 0.462. The summed E-state index contributed by atoms with van der Waals surface area (Å²) in [7, 11) is 1.80. The van der Waals surface area contributed by atoms with E-state index in [0.29, 0.717) is 6.42 Å². The highest BCUT2D eigenvalue weighted by Crippen LogP contribution is 2.31. The van der Waals surface area contributed by atoms with Crippen molar-refractivity contribution in [3.63, 3.8) is 0 Å². The number of fused-ring (bicyclic) bond motifs is 1. The molecule has 1 unspecified atom stereocenters. The number of carbonyl (C=O) groups excluding carboxylic acids is 1. The summed E-state index contributed by atoms with van der Waals surface area (Å²) in [5.74, 6) is 0.329. The van der Waals surface area contributed by atoms with Gasteiger partial charge in [0.25, 0.3) is 0 Å². The van der Waals surface area contributed by atoms with E-state index < -0.39 is 0 Å². The van der Waals surface area contributed by atoms with Crippen molar-refractivity contribution in [1.82, 2.24) is 0 Å². The number of benzene rings is 1. The minimum atomic E-state index is 0.143. The number of carbonyl (C=O) groups is 1. The SMILES string of the molecule is CCC(CO)c1ccc2c(c1)CC(=O)N2C. The molecule has 0 aliphatic carbocycles. The molecule has 0 saturated heterocycles.